The van der Waals surface area contributed by atoms with Crippen molar-refractivity contribution in [2.75, 3.05) is 9.80 Å². The first-order chi connectivity index (χ1) is 23.8. The lowest BCUT2D eigenvalue weighted by Gasteiger charge is -2.39. The summed E-state index contributed by atoms with van der Waals surface area (Å²) >= 11 is 0. The SMILES string of the molecule is c1ccc(N(c2ccccc2)c2c3c(cc4c(N(c5ccccc5)C5CCCCC5)c5ccccc5cc24)-c2ccccc2CC3)cc1. The van der Waals surface area contributed by atoms with Gasteiger partial charge in [-0.25, -0.2) is 0 Å². The first-order valence-electron chi connectivity index (χ1n) is 17.7. The van der Waals surface area contributed by atoms with Gasteiger partial charge in [0.25, 0.3) is 0 Å². The van der Waals surface area contributed by atoms with E-state index in [1.165, 1.54) is 104 Å². The number of anilines is 5. The maximum absolute atomic E-state index is 2.73. The molecule has 0 bridgehead atoms. The highest BCUT2D eigenvalue weighted by Crippen LogP contribution is 2.52. The number of para-hydroxylation sites is 3. The molecular formula is C46H40N2. The molecule has 7 aromatic rings. The van der Waals surface area contributed by atoms with Gasteiger partial charge in [-0.05, 0) is 102 Å². The van der Waals surface area contributed by atoms with Crippen molar-refractivity contribution < 1.29 is 0 Å². The van der Waals surface area contributed by atoms with Gasteiger partial charge in [0, 0.05) is 39.3 Å². The van der Waals surface area contributed by atoms with E-state index in [0.29, 0.717) is 6.04 Å². The average Bonchev–Trinajstić information content (AvgIpc) is 3.16. The molecule has 48 heavy (non-hydrogen) atoms. The Bertz CT molecular complexity index is 2180. The van der Waals surface area contributed by atoms with Crippen LogP contribution in [0, 0.1) is 0 Å². The molecule has 1 saturated carbocycles. The van der Waals surface area contributed by atoms with Crippen LogP contribution in [0.25, 0.3) is 32.7 Å². The molecule has 2 aliphatic carbocycles. The number of benzene rings is 7. The van der Waals surface area contributed by atoms with Crippen LogP contribution in [0.1, 0.15) is 43.2 Å². The molecular weight excluding hydrogens is 581 g/mol. The van der Waals surface area contributed by atoms with E-state index >= 15 is 0 Å². The molecule has 2 nitrogen and oxygen atoms in total. The fourth-order valence-corrected chi connectivity index (χ4v) is 8.49. The summed E-state index contributed by atoms with van der Waals surface area (Å²) in [5.74, 6) is 0. The highest BCUT2D eigenvalue weighted by Gasteiger charge is 2.31. The van der Waals surface area contributed by atoms with Crippen LogP contribution in [0.15, 0.2) is 152 Å². The molecule has 0 atom stereocenters. The second kappa shape index (κ2) is 12.4. The Morgan fingerprint density at radius 3 is 1.73 bits per heavy atom. The molecule has 0 saturated heterocycles. The Morgan fingerprint density at radius 1 is 0.438 bits per heavy atom. The van der Waals surface area contributed by atoms with Crippen molar-refractivity contribution in [2.24, 2.45) is 0 Å². The Labute approximate surface area is 283 Å². The molecule has 234 valence electrons. The van der Waals surface area contributed by atoms with Gasteiger partial charge >= 0.3 is 0 Å². The Hall–Kier alpha value is -5.34. The van der Waals surface area contributed by atoms with Crippen LogP contribution in [-0.4, -0.2) is 6.04 Å². The summed E-state index contributed by atoms with van der Waals surface area (Å²) in [5, 5.41) is 5.24. The summed E-state index contributed by atoms with van der Waals surface area (Å²) in [6, 6.07) is 56.8. The number of hydrogen-bond donors (Lipinski definition) is 0. The number of hydrogen-bond acceptors (Lipinski definition) is 2. The van der Waals surface area contributed by atoms with Gasteiger partial charge in [-0.15, -0.1) is 0 Å². The number of aryl methyl sites for hydroxylation is 1. The highest BCUT2D eigenvalue weighted by atomic mass is 15.2. The fourth-order valence-electron chi connectivity index (χ4n) is 8.49. The van der Waals surface area contributed by atoms with Crippen LogP contribution in [0.4, 0.5) is 28.4 Å². The van der Waals surface area contributed by atoms with Crippen LogP contribution in [0.3, 0.4) is 0 Å². The summed E-state index contributed by atoms with van der Waals surface area (Å²) in [7, 11) is 0. The Kier molecular flexibility index (Phi) is 7.43. The Morgan fingerprint density at radius 2 is 1.02 bits per heavy atom. The zero-order chi connectivity index (χ0) is 31.9. The van der Waals surface area contributed by atoms with E-state index in [2.05, 4.69) is 161 Å². The van der Waals surface area contributed by atoms with Crippen molar-refractivity contribution in [2.45, 2.75) is 51.0 Å². The van der Waals surface area contributed by atoms with Crippen LogP contribution in [-0.2, 0) is 12.8 Å². The van der Waals surface area contributed by atoms with Crippen LogP contribution < -0.4 is 9.80 Å². The van der Waals surface area contributed by atoms with Crippen molar-refractivity contribution in [3.63, 3.8) is 0 Å². The molecule has 2 heteroatoms. The number of nitrogens with zero attached hydrogens (tertiary/aromatic N) is 2. The van der Waals surface area contributed by atoms with Gasteiger partial charge < -0.3 is 9.80 Å². The molecule has 0 amide bonds. The van der Waals surface area contributed by atoms with Gasteiger partial charge in [-0.2, -0.15) is 0 Å². The first-order valence-corrected chi connectivity index (χ1v) is 17.7. The van der Waals surface area contributed by atoms with E-state index in [4.69, 9.17) is 0 Å². The summed E-state index contributed by atoms with van der Waals surface area (Å²) in [4.78, 5) is 5.26. The zero-order valence-electron chi connectivity index (χ0n) is 27.4. The molecule has 0 unspecified atom stereocenters. The van der Waals surface area contributed by atoms with E-state index in [-0.39, 0.29) is 0 Å². The largest absolute Gasteiger partial charge is 0.337 e. The fraction of sp³-hybridized carbons (Fsp3) is 0.174. The second-order valence-corrected chi connectivity index (χ2v) is 13.5. The predicted molar refractivity (Wildman–Crippen MR) is 204 cm³/mol. The van der Waals surface area contributed by atoms with Crippen molar-refractivity contribution >= 4 is 50.0 Å². The summed E-state index contributed by atoms with van der Waals surface area (Å²) in [6.07, 6.45) is 8.34. The molecule has 7 aromatic carbocycles. The minimum atomic E-state index is 0.446. The third kappa shape index (κ3) is 4.95. The topological polar surface area (TPSA) is 6.48 Å². The van der Waals surface area contributed by atoms with E-state index in [9.17, 15) is 0 Å². The average molecular weight is 621 g/mol. The minimum absolute atomic E-state index is 0.446. The molecule has 0 N–H and O–H groups in total. The molecule has 0 heterocycles. The molecule has 0 aromatic heterocycles. The number of fused-ring (bicyclic) bond motifs is 5. The Balaban J connectivity index is 1.45. The van der Waals surface area contributed by atoms with Gasteiger partial charge in [0.2, 0.25) is 0 Å². The van der Waals surface area contributed by atoms with E-state index in [1.54, 1.807) is 0 Å². The summed E-state index contributed by atoms with van der Waals surface area (Å²) in [6.45, 7) is 0. The predicted octanol–water partition coefficient (Wildman–Crippen LogP) is 12.7. The molecule has 2 aliphatic rings. The maximum Gasteiger partial charge on any atom is 0.0579 e. The monoisotopic (exact) mass is 620 g/mol. The minimum Gasteiger partial charge on any atom is -0.337 e. The third-order valence-corrected chi connectivity index (χ3v) is 10.6. The van der Waals surface area contributed by atoms with E-state index in [1.807, 2.05) is 0 Å². The van der Waals surface area contributed by atoms with Gasteiger partial charge in [0.05, 0.1) is 11.4 Å². The van der Waals surface area contributed by atoms with Crippen molar-refractivity contribution in [1.29, 1.82) is 0 Å². The second-order valence-electron chi connectivity index (χ2n) is 13.5. The molecule has 0 spiro atoms. The first kappa shape index (κ1) is 28.8. The molecule has 1 fully saturated rings. The third-order valence-electron chi connectivity index (χ3n) is 10.6. The van der Waals surface area contributed by atoms with Gasteiger partial charge in [-0.1, -0.05) is 122 Å². The lowest BCUT2D eigenvalue weighted by atomic mass is 9.81. The van der Waals surface area contributed by atoms with Crippen LogP contribution >= 0.6 is 0 Å². The summed E-state index contributed by atoms with van der Waals surface area (Å²) in [5.41, 5.74) is 11.9. The molecule has 0 radical (unpaired) electrons. The highest BCUT2D eigenvalue weighted by molar-refractivity contribution is 6.19. The van der Waals surface area contributed by atoms with Gasteiger partial charge in [0.15, 0.2) is 0 Å². The van der Waals surface area contributed by atoms with Gasteiger partial charge in [0.1, 0.15) is 0 Å². The van der Waals surface area contributed by atoms with E-state index in [0.717, 1.165) is 12.8 Å². The molecule has 0 aliphatic heterocycles. The zero-order valence-corrected chi connectivity index (χ0v) is 27.4. The normalized spacial score (nSPS) is 14.4. The smallest absolute Gasteiger partial charge is 0.0579 e. The lowest BCUT2D eigenvalue weighted by molar-refractivity contribution is 0.437. The van der Waals surface area contributed by atoms with E-state index < -0.39 is 0 Å². The maximum atomic E-state index is 2.73. The molecule has 9 rings (SSSR count). The number of rotatable bonds is 6. The summed E-state index contributed by atoms with van der Waals surface area (Å²) < 4.78 is 0. The lowest BCUT2D eigenvalue weighted by Crippen LogP contribution is -2.33. The van der Waals surface area contributed by atoms with Crippen molar-refractivity contribution in [3.05, 3.63) is 163 Å². The van der Waals surface area contributed by atoms with Gasteiger partial charge in [-0.3, -0.25) is 0 Å². The van der Waals surface area contributed by atoms with Crippen molar-refractivity contribution in [1.82, 2.24) is 0 Å². The van der Waals surface area contributed by atoms with Crippen LogP contribution in [0.5, 0.6) is 0 Å². The quantitative estimate of drug-likeness (QED) is 0.171. The van der Waals surface area contributed by atoms with Crippen molar-refractivity contribution in [3.8, 4) is 11.1 Å². The van der Waals surface area contributed by atoms with Crippen LogP contribution in [0.2, 0.25) is 0 Å². The standard InChI is InChI=1S/C46H40N2/c1-5-19-35(20-6-1)47(36-21-7-2-8-22-36)45-40-28-16-14-18-34(40)31-43-44(45)32-42-39-27-15-13-17-33(39)29-30-41(42)46(43)48(37-23-9-3-10-24-37)38-25-11-4-12-26-38/h1,3-6,9-20,23-28,31-32,36H,2,7-8,21-22,29-30H2.